The van der Waals surface area contributed by atoms with Crippen LogP contribution >= 0.6 is 0 Å². The molecule has 0 atom stereocenters. The number of benzene rings is 1. The largest absolute Gasteiger partial charge is 0.386 e. The summed E-state index contributed by atoms with van der Waals surface area (Å²) in [5.41, 5.74) is 2.36. The first kappa shape index (κ1) is 16.0. The highest BCUT2D eigenvalue weighted by atomic mass is 19.4. The van der Waals surface area contributed by atoms with Crippen molar-refractivity contribution in [1.82, 2.24) is 0 Å². The predicted molar refractivity (Wildman–Crippen MR) is 62.9 cm³/mol. The molecule has 0 heterocycles. The average Bonchev–Trinajstić information content (AvgIpc) is 2.15. The average molecular weight is 248 g/mol. The fourth-order valence-corrected chi connectivity index (χ4v) is 1.36. The van der Waals surface area contributed by atoms with Gasteiger partial charge in [0.2, 0.25) is 0 Å². The minimum Gasteiger partial charge on any atom is -0.374 e. The molecule has 0 aliphatic carbocycles. The second-order valence-corrected chi connectivity index (χ2v) is 4.31. The Bertz CT molecular complexity index is 337. The summed E-state index contributed by atoms with van der Waals surface area (Å²) in [6.45, 7) is 6.45. The zero-order valence-electron chi connectivity index (χ0n) is 10.9. The monoisotopic (exact) mass is 248 g/mol. The molecule has 0 saturated carbocycles. The van der Waals surface area contributed by atoms with Crippen molar-refractivity contribution >= 4 is 0 Å². The first-order valence-electron chi connectivity index (χ1n) is 5.26. The van der Waals surface area contributed by atoms with E-state index < -0.39 is 6.18 Å². The fourth-order valence-electron chi connectivity index (χ4n) is 1.36. The molecule has 0 unspecified atom stereocenters. The summed E-state index contributed by atoms with van der Waals surface area (Å²) in [4.78, 5) is 0. The second kappa shape index (κ2) is 6.05. The molecule has 0 aromatic heterocycles. The maximum atomic E-state index is 10.4. The zero-order valence-corrected chi connectivity index (χ0v) is 10.9. The zero-order chi connectivity index (χ0) is 13.7. The molecule has 0 aliphatic heterocycles. The Morgan fingerprint density at radius 2 is 1.41 bits per heavy atom. The van der Waals surface area contributed by atoms with Crippen LogP contribution in [0.15, 0.2) is 24.3 Å². The lowest BCUT2D eigenvalue weighted by Gasteiger charge is -2.25. The van der Waals surface area contributed by atoms with Crippen LogP contribution in [-0.2, 0) is 10.3 Å². The van der Waals surface area contributed by atoms with Gasteiger partial charge in [0.05, 0.1) is 5.60 Å². The van der Waals surface area contributed by atoms with E-state index in [2.05, 4.69) is 32.9 Å². The number of methoxy groups -OCH3 is 1. The first-order chi connectivity index (χ1) is 7.58. The lowest BCUT2D eigenvalue weighted by Crippen LogP contribution is -2.20. The summed E-state index contributed by atoms with van der Waals surface area (Å²) in [6, 6.07) is 8.31. The van der Waals surface area contributed by atoms with Crippen LogP contribution in [0.4, 0.5) is 13.2 Å². The van der Waals surface area contributed by atoms with Crippen LogP contribution < -0.4 is 0 Å². The normalized spacial score (nSPS) is 11.8. The van der Waals surface area contributed by atoms with Crippen molar-refractivity contribution in [3.05, 3.63) is 35.4 Å². The Labute approximate surface area is 101 Å². The minimum absolute atomic E-state index is 0.175. The SMILES string of the molecule is CC(F)(F)F.COC(C)(C)c1ccccc1C. The van der Waals surface area contributed by atoms with Crippen LogP contribution in [0.3, 0.4) is 0 Å². The molecule has 1 nitrogen and oxygen atoms in total. The summed E-state index contributed by atoms with van der Waals surface area (Å²) in [6.07, 6.45) is -4.00. The molecular formula is C13H19F3O. The van der Waals surface area contributed by atoms with Gasteiger partial charge < -0.3 is 4.74 Å². The van der Waals surface area contributed by atoms with Crippen molar-refractivity contribution in [1.29, 1.82) is 0 Å². The van der Waals surface area contributed by atoms with Gasteiger partial charge in [-0.1, -0.05) is 24.3 Å². The van der Waals surface area contributed by atoms with Crippen LogP contribution in [0.1, 0.15) is 31.9 Å². The molecule has 0 spiro atoms. The van der Waals surface area contributed by atoms with Gasteiger partial charge in [-0.15, -0.1) is 0 Å². The van der Waals surface area contributed by atoms with Gasteiger partial charge in [0.15, 0.2) is 0 Å². The van der Waals surface area contributed by atoms with Crippen molar-refractivity contribution < 1.29 is 17.9 Å². The molecule has 98 valence electrons. The Hall–Kier alpha value is -1.03. The van der Waals surface area contributed by atoms with Crippen LogP contribution in [-0.4, -0.2) is 13.3 Å². The van der Waals surface area contributed by atoms with Gasteiger partial charge in [-0.05, 0) is 31.9 Å². The molecule has 0 saturated heterocycles. The molecule has 17 heavy (non-hydrogen) atoms. The standard InChI is InChI=1S/C11H16O.C2H3F3/c1-9-7-5-6-8-10(9)11(2,3)12-4;1-2(3,4)5/h5-8H,1-4H3;1H3. The highest BCUT2D eigenvalue weighted by Crippen LogP contribution is 2.26. The molecule has 1 aromatic carbocycles. The molecule has 0 N–H and O–H groups in total. The van der Waals surface area contributed by atoms with E-state index in [4.69, 9.17) is 4.74 Å². The number of alkyl halides is 3. The van der Waals surface area contributed by atoms with Gasteiger partial charge in [-0.3, -0.25) is 0 Å². The number of hydrogen-bond acceptors (Lipinski definition) is 1. The van der Waals surface area contributed by atoms with Crippen LogP contribution in [0, 0.1) is 6.92 Å². The van der Waals surface area contributed by atoms with E-state index in [0.29, 0.717) is 0 Å². The van der Waals surface area contributed by atoms with Crippen molar-refractivity contribution in [3.8, 4) is 0 Å². The highest BCUT2D eigenvalue weighted by Gasteiger charge is 2.20. The molecule has 0 amide bonds. The van der Waals surface area contributed by atoms with Crippen LogP contribution in [0.5, 0.6) is 0 Å². The highest BCUT2D eigenvalue weighted by molar-refractivity contribution is 5.30. The molecular weight excluding hydrogens is 229 g/mol. The van der Waals surface area contributed by atoms with Gasteiger partial charge in [0, 0.05) is 14.0 Å². The van der Waals surface area contributed by atoms with Crippen LogP contribution in [0.25, 0.3) is 0 Å². The second-order valence-electron chi connectivity index (χ2n) is 4.31. The Kier molecular flexibility index (Phi) is 5.69. The van der Waals surface area contributed by atoms with E-state index in [-0.39, 0.29) is 12.5 Å². The number of halogens is 3. The summed E-state index contributed by atoms with van der Waals surface area (Å²) in [5, 5.41) is 0. The number of ether oxygens (including phenoxy) is 1. The summed E-state index contributed by atoms with van der Waals surface area (Å²) >= 11 is 0. The molecule has 1 aromatic rings. The maximum absolute atomic E-state index is 10.4. The fraction of sp³-hybridized carbons (Fsp3) is 0.538. The smallest absolute Gasteiger partial charge is 0.374 e. The van der Waals surface area contributed by atoms with Crippen molar-refractivity contribution in [3.63, 3.8) is 0 Å². The van der Waals surface area contributed by atoms with E-state index in [9.17, 15) is 13.2 Å². The third kappa shape index (κ3) is 7.00. The van der Waals surface area contributed by atoms with Crippen molar-refractivity contribution in [2.24, 2.45) is 0 Å². The molecule has 0 bridgehead atoms. The third-order valence-corrected chi connectivity index (χ3v) is 2.30. The number of aryl methyl sites for hydroxylation is 1. The lowest BCUT2D eigenvalue weighted by atomic mass is 9.94. The quantitative estimate of drug-likeness (QED) is 0.751. The van der Waals surface area contributed by atoms with E-state index in [1.165, 1.54) is 11.1 Å². The van der Waals surface area contributed by atoms with Gasteiger partial charge >= 0.3 is 6.18 Å². The van der Waals surface area contributed by atoms with Crippen LogP contribution in [0.2, 0.25) is 0 Å². The Morgan fingerprint density at radius 3 is 1.76 bits per heavy atom. The van der Waals surface area contributed by atoms with Gasteiger partial charge in [0.1, 0.15) is 0 Å². The number of rotatable bonds is 2. The van der Waals surface area contributed by atoms with E-state index in [1.807, 2.05) is 12.1 Å². The number of hydrogen-bond donors (Lipinski definition) is 0. The van der Waals surface area contributed by atoms with E-state index >= 15 is 0 Å². The Morgan fingerprint density at radius 1 is 1.00 bits per heavy atom. The van der Waals surface area contributed by atoms with Crippen molar-refractivity contribution in [2.45, 2.75) is 39.5 Å². The summed E-state index contributed by atoms with van der Waals surface area (Å²) in [7, 11) is 1.74. The van der Waals surface area contributed by atoms with Gasteiger partial charge in [-0.25, -0.2) is 0 Å². The lowest BCUT2D eigenvalue weighted by molar-refractivity contribution is -0.110. The predicted octanol–water partition coefficient (Wildman–Crippen LogP) is 4.45. The summed E-state index contributed by atoms with van der Waals surface area (Å²) < 4.78 is 36.5. The van der Waals surface area contributed by atoms with Gasteiger partial charge in [-0.2, -0.15) is 13.2 Å². The minimum atomic E-state index is -4.00. The molecule has 0 fully saturated rings. The third-order valence-electron chi connectivity index (χ3n) is 2.30. The molecule has 4 heteroatoms. The maximum Gasteiger partial charge on any atom is 0.386 e. The summed E-state index contributed by atoms with van der Waals surface area (Å²) in [5.74, 6) is 0. The Balaban J connectivity index is 0.000000437. The molecule has 1 rings (SSSR count). The first-order valence-corrected chi connectivity index (χ1v) is 5.26. The molecule has 0 aliphatic rings. The molecule has 0 radical (unpaired) electrons. The topological polar surface area (TPSA) is 9.23 Å². The van der Waals surface area contributed by atoms with E-state index in [1.54, 1.807) is 7.11 Å². The van der Waals surface area contributed by atoms with Gasteiger partial charge in [0.25, 0.3) is 0 Å². The van der Waals surface area contributed by atoms with Crippen molar-refractivity contribution in [2.75, 3.05) is 7.11 Å². The van der Waals surface area contributed by atoms with E-state index in [0.717, 1.165) is 0 Å².